The molecule has 0 saturated heterocycles. The minimum atomic E-state index is -0.0447. The van der Waals surface area contributed by atoms with E-state index in [0.717, 1.165) is 52.9 Å². The Labute approximate surface area is 260 Å². The summed E-state index contributed by atoms with van der Waals surface area (Å²) in [5, 5.41) is 20.6. The third-order valence-corrected chi connectivity index (χ3v) is 10.8. The third-order valence-electron chi connectivity index (χ3n) is 7.71. The molecule has 4 heterocycles. The largest absolute Gasteiger partial charge is 0.315 e. The van der Waals surface area contributed by atoms with Gasteiger partial charge in [-0.15, -0.1) is 31.7 Å². The summed E-state index contributed by atoms with van der Waals surface area (Å²) in [6, 6.07) is 19.2. The van der Waals surface area contributed by atoms with Crippen LogP contribution in [0.5, 0.6) is 0 Å². The topological polar surface area (TPSA) is 101 Å². The normalized spacial score (nSPS) is 13.1. The lowest BCUT2D eigenvalue weighted by molar-refractivity contribution is -0.116. The van der Waals surface area contributed by atoms with E-state index in [2.05, 4.69) is 20.4 Å². The van der Waals surface area contributed by atoms with Gasteiger partial charge in [-0.05, 0) is 55.5 Å². The Morgan fingerprint density at radius 2 is 1.33 bits per heavy atom. The number of anilines is 2. The number of hydrogen-bond donors (Lipinski definition) is 0. The zero-order valence-electron chi connectivity index (χ0n) is 23.6. The number of thioether (sulfide) groups is 2. The number of nitrogens with zero attached hydrogens (tertiary/aromatic N) is 8. The summed E-state index contributed by atoms with van der Waals surface area (Å²) in [5.74, 6) is 0.896. The second kappa shape index (κ2) is 11.6. The zero-order chi connectivity index (χ0) is 29.5. The maximum Gasteiger partial charge on any atom is 0.245 e. The van der Waals surface area contributed by atoms with Crippen molar-refractivity contribution in [3.63, 3.8) is 0 Å². The maximum atomic E-state index is 13.1. The fourth-order valence-corrected chi connectivity index (χ4v) is 8.49. The SMILES string of the molecule is CN(C(=O)CSc1nnc2c3c4c(sc3n3c(SCC(=O)N(C)c5ccccc5)nnc3n12)CCCC4)c1ccccc1. The van der Waals surface area contributed by atoms with Crippen molar-refractivity contribution in [3.05, 3.63) is 71.1 Å². The first-order chi connectivity index (χ1) is 21.0. The van der Waals surface area contributed by atoms with Crippen molar-refractivity contribution in [1.82, 2.24) is 29.2 Å². The number of carbonyl (C=O) groups excluding carboxylic acids is 2. The predicted octanol–water partition coefficient (Wildman–Crippen LogP) is 5.38. The molecule has 43 heavy (non-hydrogen) atoms. The molecule has 10 nitrogen and oxygen atoms in total. The number of aromatic nitrogens is 6. The van der Waals surface area contributed by atoms with E-state index in [-0.39, 0.29) is 23.3 Å². The van der Waals surface area contributed by atoms with Gasteiger partial charge in [-0.3, -0.25) is 9.59 Å². The van der Waals surface area contributed by atoms with Gasteiger partial charge in [0.2, 0.25) is 17.6 Å². The summed E-state index contributed by atoms with van der Waals surface area (Å²) in [6.45, 7) is 0. The summed E-state index contributed by atoms with van der Waals surface area (Å²) in [7, 11) is 3.56. The van der Waals surface area contributed by atoms with Crippen LogP contribution in [0.15, 0.2) is 71.0 Å². The van der Waals surface area contributed by atoms with Crippen molar-refractivity contribution in [3.8, 4) is 0 Å². The van der Waals surface area contributed by atoms with E-state index in [1.165, 1.54) is 34.0 Å². The smallest absolute Gasteiger partial charge is 0.245 e. The molecule has 1 aliphatic rings. The summed E-state index contributed by atoms with van der Waals surface area (Å²) in [4.78, 5) is 31.9. The highest BCUT2D eigenvalue weighted by Gasteiger charge is 2.27. The molecule has 6 aromatic rings. The van der Waals surface area contributed by atoms with Crippen molar-refractivity contribution in [2.45, 2.75) is 36.0 Å². The van der Waals surface area contributed by atoms with Gasteiger partial charge < -0.3 is 9.80 Å². The van der Waals surface area contributed by atoms with E-state index in [9.17, 15) is 9.59 Å². The lowest BCUT2D eigenvalue weighted by atomic mass is 9.97. The van der Waals surface area contributed by atoms with Crippen LogP contribution in [-0.4, -0.2) is 66.6 Å². The van der Waals surface area contributed by atoms with Crippen molar-refractivity contribution < 1.29 is 9.59 Å². The maximum absolute atomic E-state index is 13.1. The summed E-state index contributed by atoms with van der Waals surface area (Å²) >= 11 is 4.46. The third kappa shape index (κ3) is 5.04. The summed E-state index contributed by atoms with van der Waals surface area (Å²) in [6.07, 6.45) is 4.30. The Bertz CT molecular complexity index is 1970. The molecule has 0 bridgehead atoms. The molecule has 218 valence electrons. The zero-order valence-corrected chi connectivity index (χ0v) is 26.1. The highest BCUT2D eigenvalue weighted by molar-refractivity contribution is 8.00. The first-order valence-corrected chi connectivity index (χ1v) is 16.8. The van der Waals surface area contributed by atoms with Gasteiger partial charge in [0.1, 0.15) is 4.83 Å². The fraction of sp³-hybridized carbons (Fsp3) is 0.267. The lowest BCUT2D eigenvalue weighted by Crippen LogP contribution is -2.27. The standard InChI is InChI=1S/C30H28N8O2S3/c1-35(19-11-5-3-6-12-19)23(39)17-41-29-33-31-26-25-21-15-9-10-16-22(21)43-27(25)38-28(37(26)29)32-34-30(38)42-18-24(40)36(2)20-13-7-4-8-14-20/h3-8,11-14H,9-10,15-18H2,1-2H3. The number of para-hydroxylation sites is 2. The van der Waals surface area contributed by atoms with Crippen LogP contribution >= 0.6 is 34.9 Å². The van der Waals surface area contributed by atoms with Crippen LogP contribution in [0.2, 0.25) is 0 Å². The Kier molecular flexibility index (Phi) is 7.53. The summed E-state index contributed by atoms with van der Waals surface area (Å²) < 4.78 is 3.95. The Morgan fingerprint density at radius 3 is 1.95 bits per heavy atom. The van der Waals surface area contributed by atoms with E-state index in [4.69, 9.17) is 0 Å². The number of amides is 2. The van der Waals surface area contributed by atoms with E-state index < -0.39 is 0 Å². The summed E-state index contributed by atoms with van der Waals surface area (Å²) in [5.41, 5.74) is 3.72. The number of carbonyl (C=O) groups is 2. The van der Waals surface area contributed by atoms with Gasteiger partial charge in [0, 0.05) is 30.3 Å². The molecule has 2 aromatic carbocycles. The molecule has 0 spiro atoms. The molecule has 4 aromatic heterocycles. The van der Waals surface area contributed by atoms with E-state index in [1.807, 2.05) is 69.5 Å². The van der Waals surface area contributed by atoms with Crippen LogP contribution in [0, 0.1) is 0 Å². The Balaban J connectivity index is 1.25. The molecule has 7 rings (SSSR count). The molecule has 0 saturated carbocycles. The van der Waals surface area contributed by atoms with E-state index in [1.54, 1.807) is 35.2 Å². The van der Waals surface area contributed by atoms with Gasteiger partial charge in [-0.2, -0.15) is 0 Å². The molecular weight excluding hydrogens is 601 g/mol. The minimum absolute atomic E-state index is 0.0302. The van der Waals surface area contributed by atoms with Crippen molar-refractivity contribution in [2.24, 2.45) is 0 Å². The molecule has 0 aliphatic heterocycles. The first-order valence-electron chi connectivity index (χ1n) is 14.0. The van der Waals surface area contributed by atoms with Crippen molar-refractivity contribution in [2.75, 3.05) is 35.4 Å². The molecule has 0 unspecified atom stereocenters. The molecular formula is C30H28N8O2S3. The first kappa shape index (κ1) is 27.9. The Morgan fingerprint density at radius 1 is 0.767 bits per heavy atom. The molecule has 0 fully saturated rings. The van der Waals surface area contributed by atoms with E-state index in [0.29, 0.717) is 16.1 Å². The number of benzene rings is 2. The van der Waals surface area contributed by atoms with Crippen LogP contribution in [-0.2, 0) is 22.4 Å². The number of fused-ring (bicyclic) bond motifs is 8. The molecule has 0 radical (unpaired) electrons. The molecule has 0 atom stereocenters. The minimum Gasteiger partial charge on any atom is -0.315 e. The van der Waals surface area contributed by atoms with Gasteiger partial charge >= 0.3 is 0 Å². The van der Waals surface area contributed by atoms with Crippen LogP contribution in [0.25, 0.3) is 21.6 Å². The average molecular weight is 629 g/mol. The highest BCUT2D eigenvalue weighted by atomic mass is 32.2. The van der Waals surface area contributed by atoms with Crippen LogP contribution in [0.4, 0.5) is 11.4 Å². The number of rotatable bonds is 8. The molecule has 0 N–H and O–H groups in total. The number of hydrogen-bond acceptors (Lipinski definition) is 9. The molecule has 2 amide bonds. The molecule has 13 heteroatoms. The van der Waals surface area contributed by atoms with Gasteiger partial charge in [0.15, 0.2) is 16.0 Å². The fourth-order valence-electron chi connectivity index (χ4n) is 5.36. The second-order valence-corrected chi connectivity index (χ2v) is 13.3. The quantitative estimate of drug-likeness (QED) is 0.207. The lowest BCUT2D eigenvalue weighted by Gasteiger charge is -2.16. The van der Waals surface area contributed by atoms with Crippen LogP contribution in [0.3, 0.4) is 0 Å². The molecule has 1 aliphatic carbocycles. The van der Waals surface area contributed by atoms with Gasteiger partial charge in [-0.1, -0.05) is 59.9 Å². The number of thiophene rings is 1. The van der Waals surface area contributed by atoms with Crippen LogP contribution < -0.4 is 9.80 Å². The average Bonchev–Trinajstić information content (AvgIpc) is 3.77. The van der Waals surface area contributed by atoms with E-state index >= 15 is 0 Å². The Hall–Kier alpha value is -3.94. The predicted molar refractivity (Wildman–Crippen MR) is 173 cm³/mol. The van der Waals surface area contributed by atoms with Gasteiger partial charge in [0.25, 0.3) is 0 Å². The van der Waals surface area contributed by atoms with Gasteiger partial charge in [0.05, 0.1) is 16.9 Å². The number of aryl methyl sites for hydroxylation is 2. The second-order valence-electron chi connectivity index (χ2n) is 10.3. The van der Waals surface area contributed by atoms with Crippen molar-refractivity contribution in [1.29, 1.82) is 0 Å². The monoisotopic (exact) mass is 628 g/mol. The highest BCUT2D eigenvalue weighted by Crippen LogP contribution is 2.40. The van der Waals surface area contributed by atoms with Crippen molar-refractivity contribution >= 4 is 79.7 Å². The van der Waals surface area contributed by atoms with Gasteiger partial charge in [-0.25, -0.2) is 8.80 Å². The van der Waals surface area contributed by atoms with Crippen LogP contribution in [0.1, 0.15) is 23.3 Å².